The number of sulfone groups is 1. The molecule has 1 aliphatic rings. The number of hydrogen-bond acceptors (Lipinski definition) is 7. The van der Waals surface area contributed by atoms with Gasteiger partial charge in [0.15, 0.2) is 11.2 Å². The van der Waals surface area contributed by atoms with Crippen LogP contribution in [-0.4, -0.2) is 45.9 Å². The predicted molar refractivity (Wildman–Crippen MR) is 134 cm³/mol. The number of anilines is 1. The Hall–Kier alpha value is -3.85. The van der Waals surface area contributed by atoms with Crippen LogP contribution in [-0.2, 0) is 35.3 Å². The highest BCUT2D eigenvalue weighted by atomic mass is 32.2. The molecule has 2 aromatic heterocycles. The molecule has 4 rings (SSSR count). The average molecular weight is 514 g/mol. The van der Waals surface area contributed by atoms with E-state index in [0.29, 0.717) is 23.6 Å². The number of fused-ring (bicyclic) bond motifs is 1. The third kappa shape index (κ3) is 5.06. The number of carbonyl (C=O) groups is 1. The molecule has 1 fully saturated rings. The molecule has 1 aliphatic carbocycles. The number of aromatic nitrogens is 4. The number of nitrogens with zero attached hydrogens (tertiary/aromatic N) is 4. The van der Waals surface area contributed by atoms with Gasteiger partial charge in [0, 0.05) is 43.6 Å². The Morgan fingerprint density at radius 3 is 2.56 bits per heavy atom. The highest BCUT2D eigenvalue weighted by Crippen LogP contribution is 2.31. The van der Waals surface area contributed by atoms with E-state index in [1.807, 2.05) is 6.92 Å². The molecule has 0 saturated heterocycles. The molecule has 1 amide bonds. The van der Waals surface area contributed by atoms with E-state index in [-0.39, 0.29) is 34.7 Å². The van der Waals surface area contributed by atoms with Gasteiger partial charge in [-0.3, -0.25) is 18.7 Å². The molecule has 2 heterocycles. The predicted octanol–water partition coefficient (Wildman–Crippen LogP) is 1.03. The van der Waals surface area contributed by atoms with Gasteiger partial charge in [-0.2, -0.15) is 4.98 Å². The summed E-state index contributed by atoms with van der Waals surface area (Å²) < 4.78 is 33.2. The quantitative estimate of drug-likeness (QED) is 0.466. The molecule has 0 bridgehead atoms. The van der Waals surface area contributed by atoms with Crippen LogP contribution in [0.3, 0.4) is 0 Å². The van der Waals surface area contributed by atoms with Crippen molar-refractivity contribution >= 4 is 32.6 Å². The number of imidazole rings is 1. The topological polar surface area (TPSA) is 134 Å². The van der Waals surface area contributed by atoms with E-state index in [1.54, 1.807) is 18.2 Å². The van der Waals surface area contributed by atoms with Crippen molar-refractivity contribution in [3.63, 3.8) is 0 Å². The lowest BCUT2D eigenvalue weighted by Crippen LogP contribution is -2.38. The highest BCUT2D eigenvalue weighted by Gasteiger charge is 2.29. The molecule has 11 nitrogen and oxygen atoms in total. The number of nitrogens with one attached hydrogen (secondary N) is 1. The summed E-state index contributed by atoms with van der Waals surface area (Å²) in [5, 5.41) is 2.57. The maximum Gasteiger partial charge on any atom is 0.333 e. The monoisotopic (exact) mass is 513 g/mol. The smallest absolute Gasteiger partial charge is 0.333 e. The first-order valence-electron chi connectivity index (χ1n) is 11.4. The Labute approximate surface area is 207 Å². The van der Waals surface area contributed by atoms with Crippen molar-refractivity contribution in [2.24, 2.45) is 20.0 Å². The van der Waals surface area contributed by atoms with E-state index >= 15 is 0 Å². The molecule has 0 aliphatic heterocycles. The summed E-state index contributed by atoms with van der Waals surface area (Å²) in [6.45, 7) is 2.34. The zero-order valence-corrected chi connectivity index (χ0v) is 21.3. The molecule has 0 unspecified atom stereocenters. The summed E-state index contributed by atoms with van der Waals surface area (Å²) in [6.07, 6.45) is 3.54. The Kier molecular flexibility index (Phi) is 6.77. The first-order valence-corrected chi connectivity index (χ1v) is 13.3. The zero-order chi connectivity index (χ0) is 26.2. The maximum absolute atomic E-state index is 12.8. The van der Waals surface area contributed by atoms with Crippen molar-refractivity contribution in [3.05, 3.63) is 44.6 Å². The lowest BCUT2D eigenvalue weighted by molar-refractivity contribution is -0.117. The van der Waals surface area contributed by atoms with Crippen molar-refractivity contribution in [2.45, 2.75) is 37.9 Å². The van der Waals surface area contributed by atoms with Crippen LogP contribution in [0.1, 0.15) is 31.7 Å². The Morgan fingerprint density at radius 1 is 1.19 bits per heavy atom. The second-order valence-electron chi connectivity index (χ2n) is 8.79. The van der Waals surface area contributed by atoms with Crippen LogP contribution in [0.25, 0.3) is 11.2 Å². The molecule has 1 saturated carbocycles. The number of ether oxygens (including phenoxy) is 1. The molecule has 36 heavy (non-hydrogen) atoms. The fraction of sp³-hybridized carbons (Fsp3) is 0.417. The molecule has 12 heteroatoms. The molecular weight excluding hydrogens is 486 g/mol. The standard InChI is InChI=1S/C24H27N5O6S/c1-5-11-35-18-13-15(12-17(14-18)25-21(30)16-8-9-16)7-6-10-29-20-19(22(31)28(3)24(29)32)27(2)23(26-20)36(4,33)34/h12-14,16H,5,8-11H2,1-4H3,(H,25,30). The van der Waals surface area contributed by atoms with Crippen molar-refractivity contribution in [1.82, 2.24) is 18.7 Å². The summed E-state index contributed by atoms with van der Waals surface area (Å²) in [4.78, 5) is 41.8. The minimum Gasteiger partial charge on any atom is -0.493 e. The molecular formula is C24H27N5O6S. The van der Waals surface area contributed by atoms with E-state index in [2.05, 4.69) is 22.1 Å². The summed E-state index contributed by atoms with van der Waals surface area (Å²) in [5.74, 6) is 6.41. The second kappa shape index (κ2) is 9.66. The van der Waals surface area contributed by atoms with Gasteiger partial charge >= 0.3 is 5.69 Å². The Morgan fingerprint density at radius 2 is 1.92 bits per heavy atom. The molecule has 0 radical (unpaired) electrons. The number of carbonyl (C=O) groups excluding carboxylic acids is 1. The maximum atomic E-state index is 12.8. The molecule has 0 atom stereocenters. The Bertz CT molecular complexity index is 1650. The number of rotatable bonds is 7. The normalized spacial score (nSPS) is 13.3. The fourth-order valence-electron chi connectivity index (χ4n) is 3.74. The van der Waals surface area contributed by atoms with E-state index < -0.39 is 21.1 Å². The van der Waals surface area contributed by atoms with E-state index in [0.717, 1.165) is 34.7 Å². The summed E-state index contributed by atoms with van der Waals surface area (Å²) in [7, 11) is -1.02. The van der Waals surface area contributed by atoms with Crippen LogP contribution in [0.15, 0.2) is 32.9 Å². The van der Waals surface area contributed by atoms with Crippen LogP contribution in [0, 0.1) is 17.8 Å². The van der Waals surface area contributed by atoms with Gasteiger partial charge in [0.05, 0.1) is 13.2 Å². The molecule has 190 valence electrons. The Balaban J connectivity index is 1.73. The van der Waals surface area contributed by atoms with Crippen molar-refractivity contribution < 1.29 is 17.9 Å². The van der Waals surface area contributed by atoms with Crippen molar-refractivity contribution in [1.29, 1.82) is 0 Å². The average Bonchev–Trinajstić information content (AvgIpc) is 3.60. The number of aryl methyl sites for hydroxylation is 1. The van der Waals surface area contributed by atoms with Gasteiger partial charge in [-0.15, -0.1) is 0 Å². The molecule has 3 aromatic rings. The third-order valence-electron chi connectivity index (χ3n) is 5.71. The van der Waals surface area contributed by atoms with Crippen molar-refractivity contribution in [2.75, 3.05) is 18.2 Å². The highest BCUT2D eigenvalue weighted by molar-refractivity contribution is 7.90. The van der Waals surface area contributed by atoms with Crippen LogP contribution in [0.5, 0.6) is 5.75 Å². The lowest BCUT2D eigenvalue weighted by atomic mass is 10.2. The van der Waals surface area contributed by atoms with Crippen LogP contribution in [0.4, 0.5) is 5.69 Å². The van der Waals surface area contributed by atoms with Crippen molar-refractivity contribution in [3.8, 4) is 17.6 Å². The van der Waals surface area contributed by atoms with Gasteiger partial charge in [-0.1, -0.05) is 18.8 Å². The minimum absolute atomic E-state index is 0.0145. The van der Waals surface area contributed by atoms with Gasteiger partial charge in [0.2, 0.25) is 20.9 Å². The van der Waals surface area contributed by atoms with E-state index in [4.69, 9.17) is 4.74 Å². The molecule has 1 aromatic carbocycles. The summed E-state index contributed by atoms with van der Waals surface area (Å²) in [5.41, 5.74) is -0.272. The number of benzene rings is 1. The zero-order valence-electron chi connectivity index (χ0n) is 20.5. The van der Waals surface area contributed by atoms with E-state index in [1.165, 1.54) is 18.7 Å². The van der Waals surface area contributed by atoms with Crippen LogP contribution in [0.2, 0.25) is 0 Å². The summed E-state index contributed by atoms with van der Waals surface area (Å²) >= 11 is 0. The van der Waals surface area contributed by atoms with Crippen LogP contribution >= 0.6 is 0 Å². The second-order valence-corrected chi connectivity index (χ2v) is 10.7. The fourth-order valence-corrected chi connectivity index (χ4v) is 4.58. The first kappa shape index (κ1) is 25.2. The molecule has 1 N–H and O–H groups in total. The van der Waals surface area contributed by atoms with Gasteiger partial charge in [0.1, 0.15) is 5.75 Å². The summed E-state index contributed by atoms with van der Waals surface area (Å²) in [6, 6.07) is 5.19. The third-order valence-corrected chi connectivity index (χ3v) is 6.74. The minimum atomic E-state index is -3.74. The largest absolute Gasteiger partial charge is 0.493 e. The van der Waals surface area contributed by atoms with Gasteiger partial charge < -0.3 is 14.6 Å². The van der Waals surface area contributed by atoms with Gasteiger partial charge in [-0.25, -0.2) is 13.2 Å². The van der Waals surface area contributed by atoms with Gasteiger partial charge in [-0.05, 0) is 31.4 Å². The lowest BCUT2D eigenvalue weighted by Gasteiger charge is -2.10. The molecule has 0 spiro atoms. The number of hydrogen-bond donors (Lipinski definition) is 1. The first-order chi connectivity index (χ1) is 17.0. The van der Waals surface area contributed by atoms with E-state index in [9.17, 15) is 22.8 Å². The van der Waals surface area contributed by atoms with Gasteiger partial charge in [0.25, 0.3) is 5.56 Å². The SMILES string of the molecule is CCCOc1cc(C#CCn2c(=O)n(C)c(=O)c3c2nc(S(C)(=O)=O)n3C)cc(NC(=O)C2CC2)c1. The van der Waals surface area contributed by atoms with Crippen LogP contribution < -0.4 is 21.3 Å². The number of amides is 1.